The van der Waals surface area contributed by atoms with Crippen molar-refractivity contribution in [1.29, 1.82) is 0 Å². The van der Waals surface area contributed by atoms with Crippen LogP contribution in [0.4, 0.5) is 0 Å². The van der Waals surface area contributed by atoms with E-state index in [4.69, 9.17) is 28.6 Å². The minimum atomic E-state index is -0.478. The standard InChI is InChI=1S/C18H18ClN3O3S/c1-2-11-25-15-10-6-4-8-13(15)17(24)21-22-18(26)20-16(23)12-7-3-5-9-14(12)19/h3-10H,2,11H2,1H3,(H,21,24)(H2,20,22,23,26). The number of hydrogen-bond donors (Lipinski definition) is 3. The van der Waals surface area contributed by atoms with E-state index in [1.807, 2.05) is 6.92 Å². The van der Waals surface area contributed by atoms with Gasteiger partial charge in [-0.25, -0.2) is 0 Å². The highest BCUT2D eigenvalue weighted by atomic mass is 35.5. The molecule has 0 saturated heterocycles. The van der Waals surface area contributed by atoms with E-state index in [-0.39, 0.29) is 10.7 Å². The Kier molecular flexibility index (Phi) is 7.37. The predicted molar refractivity (Wildman–Crippen MR) is 104 cm³/mol. The van der Waals surface area contributed by atoms with Crippen molar-refractivity contribution >= 4 is 40.7 Å². The van der Waals surface area contributed by atoms with E-state index < -0.39 is 11.8 Å². The van der Waals surface area contributed by atoms with Gasteiger partial charge in [0, 0.05) is 0 Å². The van der Waals surface area contributed by atoms with Crippen molar-refractivity contribution < 1.29 is 14.3 Å². The summed E-state index contributed by atoms with van der Waals surface area (Å²) in [4.78, 5) is 24.4. The number of para-hydroxylation sites is 1. The summed E-state index contributed by atoms with van der Waals surface area (Å²) in [6.07, 6.45) is 0.826. The van der Waals surface area contributed by atoms with Crippen molar-refractivity contribution in [2.75, 3.05) is 6.61 Å². The van der Waals surface area contributed by atoms with Gasteiger partial charge in [-0.3, -0.25) is 25.8 Å². The van der Waals surface area contributed by atoms with E-state index in [0.717, 1.165) is 6.42 Å². The molecule has 0 spiro atoms. The normalized spacial score (nSPS) is 9.92. The van der Waals surface area contributed by atoms with Crippen molar-refractivity contribution in [2.24, 2.45) is 0 Å². The summed E-state index contributed by atoms with van der Waals surface area (Å²) < 4.78 is 5.54. The van der Waals surface area contributed by atoms with Crippen LogP contribution >= 0.6 is 23.8 Å². The van der Waals surface area contributed by atoms with Crippen LogP contribution in [-0.2, 0) is 0 Å². The fourth-order valence-electron chi connectivity index (χ4n) is 2.02. The first-order chi connectivity index (χ1) is 12.5. The molecule has 2 aromatic carbocycles. The number of carbonyl (C=O) groups excluding carboxylic acids is 2. The Labute approximate surface area is 161 Å². The first kappa shape index (κ1) is 19.7. The monoisotopic (exact) mass is 391 g/mol. The second kappa shape index (κ2) is 9.74. The second-order valence-corrected chi connectivity index (χ2v) is 6.00. The molecule has 0 aliphatic rings. The first-order valence-electron chi connectivity index (χ1n) is 7.91. The summed E-state index contributed by atoms with van der Waals surface area (Å²) in [6.45, 7) is 2.48. The van der Waals surface area contributed by atoms with Crippen LogP contribution in [-0.4, -0.2) is 23.5 Å². The number of amides is 2. The van der Waals surface area contributed by atoms with E-state index in [9.17, 15) is 9.59 Å². The van der Waals surface area contributed by atoms with Crippen LogP contribution in [0.3, 0.4) is 0 Å². The number of benzene rings is 2. The highest BCUT2D eigenvalue weighted by molar-refractivity contribution is 7.80. The number of nitrogens with one attached hydrogen (secondary N) is 3. The number of rotatable bonds is 5. The summed E-state index contributed by atoms with van der Waals surface area (Å²) in [5, 5.41) is 2.69. The maximum Gasteiger partial charge on any atom is 0.273 e. The van der Waals surface area contributed by atoms with E-state index in [0.29, 0.717) is 22.9 Å². The van der Waals surface area contributed by atoms with Crippen LogP contribution in [0.15, 0.2) is 48.5 Å². The van der Waals surface area contributed by atoms with Crippen molar-refractivity contribution in [3.05, 3.63) is 64.7 Å². The van der Waals surface area contributed by atoms with Gasteiger partial charge in [0.2, 0.25) is 0 Å². The molecule has 0 fully saturated rings. The van der Waals surface area contributed by atoms with Crippen molar-refractivity contribution in [3.8, 4) is 5.75 Å². The lowest BCUT2D eigenvalue weighted by Gasteiger charge is -2.13. The minimum Gasteiger partial charge on any atom is -0.493 e. The van der Waals surface area contributed by atoms with Gasteiger partial charge in [0.1, 0.15) is 5.75 Å². The Hall–Kier alpha value is -2.64. The van der Waals surface area contributed by atoms with Crippen molar-refractivity contribution in [2.45, 2.75) is 13.3 Å². The molecule has 2 amide bonds. The van der Waals surface area contributed by atoms with Gasteiger partial charge in [0.05, 0.1) is 22.8 Å². The average Bonchev–Trinajstić information content (AvgIpc) is 2.65. The Balaban J connectivity index is 1.92. The molecule has 0 aliphatic carbocycles. The zero-order valence-corrected chi connectivity index (χ0v) is 15.6. The maximum atomic E-state index is 12.3. The van der Waals surface area contributed by atoms with Crippen LogP contribution in [0.1, 0.15) is 34.1 Å². The second-order valence-electron chi connectivity index (χ2n) is 5.19. The molecular weight excluding hydrogens is 374 g/mol. The minimum absolute atomic E-state index is 0.0600. The average molecular weight is 392 g/mol. The summed E-state index contributed by atoms with van der Waals surface area (Å²) in [5.41, 5.74) is 5.55. The number of hydrazine groups is 1. The molecule has 0 aliphatic heterocycles. The molecule has 0 aromatic heterocycles. The highest BCUT2D eigenvalue weighted by Crippen LogP contribution is 2.18. The number of ether oxygens (including phenoxy) is 1. The Morgan fingerprint density at radius 1 is 1.00 bits per heavy atom. The third kappa shape index (κ3) is 5.44. The SMILES string of the molecule is CCCOc1ccccc1C(=O)NNC(=S)NC(=O)c1ccccc1Cl. The summed E-state index contributed by atoms with van der Waals surface area (Å²) in [6, 6.07) is 13.4. The van der Waals surface area contributed by atoms with Gasteiger partial charge in [-0.15, -0.1) is 0 Å². The molecule has 0 unspecified atom stereocenters. The number of thiocarbonyl (C=S) groups is 1. The summed E-state index contributed by atoms with van der Waals surface area (Å²) >= 11 is 11.0. The highest BCUT2D eigenvalue weighted by Gasteiger charge is 2.14. The largest absolute Gasteiger partial charge is 0.493 e. The predicted octanol–water partition coefficient (Wildman–Crippen LogP) is 3.08. The Morgan fingerprint density at radius 2 is 1.65 bits per heavy atom. The zero-order valence-electron chi connectivity index (χ0n) is 14.0. The molecule has 2 aromatic rings. The van der Waals surface area contributed by atoms with Crippen molar-refractivity contribution in [1.82, 2.24) is 16.2 Å². The Morgan fingerprint density at radius 3 is 2.35 bits per heavy atom. The molecule has 0 saturated carbocycles. The first-order valence-corrected chi connectivity index (χ1v) is 8.69. The van der Waals surface area contributed by atoms with Crippen LogP contribution < -0.4 is 20.9 Å². The quantitative estimate of drug-likeness (QED) is 0.539. The molecule has 26 heavy (non-hydrogen) atoms. The Bertz CT molecular complexity index is 814. The molecule has 0 heterocycles. The molecule has 0 atom stereocenters. The molecule has 8 heteroatoms. The lowest BCUT2D eigenvalue weighted by Crippen LogP contribution is -2.48. The molecule has 2 rings (SSSR count). The van der Waals surface area contributed by atoms with Crippen LogP contribution in [0.25, 0.3) is 0 Å². The third-order valence-corrected chi connectivity index (χ3v) is 3.76. The summed E-state index contributed by atoms with van der Waals surface area (Å²) in [5.74, 6) is -0.445. The fraction of sp³-hybridized carbons (Fsp3) is 0.167. The topological polar surface area (TPSA) is 79.5 Å². The zero-order chi connectivity index (χ0) is 18.9. The van der Waals surface area contributed by atoms with Crippen LogP contribution in [0.2, 0.25) is 5.02 Å². The maximum absolute atomic E-state index is 12.3. The molecular formula is C18H18ClN3O3S. The lowest BCUT2D eigenvalue weighted by molar-refractivity contribution is 0.0931. The third-order valence-electron chi connectivity index (χ3n) is 3.23. The molecule has 3 N–H and O–H groups in total. The van der Waals surface area contributed by atoms with E-state index in [1.165, 1.54) is 0 Å². The lowest BCUT2D eigenvalue weighted by atomic mass is 10.2. The van der Waals surface area contributed by atoms with Gasteiger partial charge in [0.15, 0.2) is 5.11 Å². The van der Waals surface area contributed by atoms with Gasteiger partial charge < -0.3 is 4.74 Å². The van der Waals surface area contributed by atoms with E-state index in [2.05, 4.69) is 16.2 Å². The summed E-state index contributed by atoms with van der Waals surface area (Å²) in [7, 11) is 0. The number of halogens is 1. The van der Waals surface area contributed by atoms with Crippen LogP contribution in [0, 0.1) is 0 Å². The van der Waals surface area contributed by atoms with Crippen LogP contribution in [0.5, 0.6) is 5.75 Å². The number of carbonyl (C=O) groups is 2. The van der Waals surface area contributed by atoms with Gasteiger partial charge >= 0.3 is 0 Å². The molecule has 6 nitrogen and oxygen atoms in total. The smallest absolute Gasteiger partial charge is 0.273 e. The molecule has 0 radical (unpaired) electrons. The van der Waals surface area contributed by atoms with Gasteiger partial charge in [-0.05, 0) is 42.9 Å². The van der Waals surface area contributed by atoms with Gasteiger partial charge in [-0.2, -0.15) is 0 Å². The van der Waals surface area contributed by atoms with Gasteiger partial charge in [-0.1, -0.05) is 42.8 Å². The van der Waals surface area contributed by atoms with Crippen molar-refractivity contribution in [3.63, 3.8) is 0 Å². The molecule has 136 valence electrons. The van der Waals surface area contributed by atoms with E-state index in [1.54, 1.807) is 48.5 Å². The van der Waals surface area contributed by atoms with E-state index >= 15 is 0 Å². The fourth-order valence-corrected chi connectivity index (χ4v) is 2.39. The molecule has 0 bridgehead atoms. The van der Waals surface area contributed by atoms with Gasteiger partial charge in [0.25, 0.3) is 11.8 Å². The number of hydrogen-bond acceptors (Lipinski definition) is 4.